The molecule has 0 fully saturated rings. The molecule has 0 bridgehead atoms. The standard InChI is InChI=1S/C2H2N4O5S2/c7-12(8)5-1-3-4-2(11-1)6-13(9)10/h(H,3,5)(H,7,8)/p-1. The molecule has 1 atom stereocenters. The third-order valence-electron chi connectivity index (χ3n) is 0.738. The number of rotatable bonds is 3. The second-order valence-corrected chi connectivity index (χ2v) is 2.83. The fraction of sp³-hybridized carbons (Fsp3) is 0. The molecule has 1 aromatic rings. The third-order valence-corrected chi connectivity index (χ3v) is 1.38. The Labute approximate surface area is 75.3 Å². The van der Waals surface area contributed by atoms with Crippen molar-refractivity contribution in [2.45, 2.75) is 0 Å². The molecule has 1 unspecified atom stereocenters. The lowest BCUT2D eigenvalue weighted by Crippen LogP contribution is -2.01. The summed E-state index contributed by atoms with van der Waals surface area (Å²) in [5.41, 5.74) is 0. The SMILES string of the molecule is O=S([O-])Nc1nnc(N=S(=O)=O)o1. The maximum absolute atomic E-state index is 10.0. The highest BCUT2D eigenvalue weighted by molar-refractivity contribution is 7.80. The van der Waals surface area contributed by atoms with Crippen LogP contribution in [0.2, 0.25) is 0 Å². The molecule has 0 amide bonds. The number of hydrogen-bond donors (Lipinski definition) is 1. The van der Waals surface area contributed by atoms with Crippen LogP contribution < -0.4 is 4.72 Å². The Morgan fingerprint density at radius 2 is 2.08 bits per heavy atom. The Morgan fingerprint density at radius 3 is 2.62 bits per heavy atom. The number of anilines is 1. The lowest BCUT2D eigenvalue weighted by atomic mass is 11.2. The van der Waals surface area contributed by atoms with Crippen molar-refractivity contribution in [3.63, 3.8) is 0 Å². The molecule has 0 radical (unpaired) electrons. The molecule has 0 spiro atoms. The molecule has 0 saturated heterocycles. The van der Waals surface area contributed by atoms with E-state index in [0.717, 1.165) is 0 Å². The molecule has 0 aliphatic rings. The van der Waals surface area contributed by atoms with Crippen LogP contribution in [0.15, 0.2) is 8.78 Å². The van der Waals surface area contributed by atoms with E-state index in [0.29, 0.717) is 0 Å². The summed E-state index contributed by atoms with van der Waals surface area (Å²) in [7, 11) is -2.72. The van der Waals surface area contributed by atoms with Gasteiger partial charge in [-0.15, -0.1) is 0 Å². The third kappa shape index (κ3) is 3.27. The van der Waals surface area contributed by atoms with Gasteiger partial charge < -0.3 is 8.97 Å². The lowest BCUT2D eigenvalue weighted by Gasteiger charge is -2.00. The van der Waals surface area contributed by atoms with Crippen molar-refractivity contribution in [2.75, 3.05) is 4.72 Å². The van der Waals surface area contributed by atoms with Crippen LogP contribution in [-0.4, -0.2) is 27.4 Å². The first kappa shape index (κ1) is 9.76. The quantitative estimate of drug-likeness (QED) is 0.649. The summed E-state index contributed by atoms with van der Waals surface area (Å²) >= 11 is -2.61. The first-order valence-electron chi connectivity index (χ1n) is 2.58. The van der Waals surface area contributed by atoms with Gasteiger partial charge in [-0.1, -0.05) is 14.6 Å². The lowest BCUT2D eigenvalue weighted by molar-refractivity contribution is 0.536. The van der Waals surface area contributed by atoms with Gasteiger partial charge in [0, 0.05) is 11.3 Å². The van der Waals surface area contributed by atoms with Crippen LogP contribution in [0, 0.1) is 0 Å². The van der Waals surface area contributed by atoms with E-state index in [2.05, 4.69) is 19.0 Å². The minimum Gasteiger partial charge on any atom is -0.755 e. The minimum absolute atomic E-state index is 0.461. The fourth-order valence-corrected chi connectivity index (χ4v) is 0.855. The second-order valence-electron chi connectivity index (χ2n) is 1.53. The number of nitrogens with zero attached hydrogens (tertiary/aromatic N) is 3. The van der Waals surface area contributed by atoms with E-state index < -0.39 is 33.8 Å². The Kier molecular flexibility index (Phi) is 3.05. The summed E-state index contributed by atoms with van der Waals surface area (Å²) in [6.07, 6.45) is 0. The van der Waals surface area contributed by atoms with Gasteiger partial charge in [0.25, 0.3) is 0 Å². The summed E-state index contributed by atoms with van der Waals surface area (Å²) < 4.78 is 48.9. The van der Waals surface area contributed by atoms with E-state index in [1.807, 2.05) is 0 Å². The summed E-state index contributed by atoms with van der Waals surface area (Å²) in [6, 6.07) is -1.01. The monoisotopic (exact) mass is 225 g/mol. The normalized spacial score (nSPS) is 12.1. The molecular formula is C2HN4O5S2-. The van der Waals surface area contributed by atoms with Crippen LogP contribution in [0.3, 0.4) is 0 Å². The molecule has 1 heterocycles. The second kappa shape index (κ2) is 4.06. The first-order chi connectivity index (χ1) is 6.08. The summed E-state index contributed by atoms with van der Waals surface area (Å²) in [6.45, 7) is 0. The summed E-state index contributed by atoms with van der Waals surface area (Å²) in [4.78, 5) is 0. The van der Waals surface area contributed by atoms with Gasteiger partial charge in [-0.2, -0.15) is 8.42 Å². The van der Waals surface area contributed by atoms with Crippen molar-refractivity contribution in [3.8, 4) is 0 Å². The number of aromatic nitrogens is 2. The average Bonchev–Trinajstić information content (AvgIpc) is 2.33. The van der Waals surface area contributed by atoms with Crippen molar-refractivity contribution in [2.24, 2.45) is 4.36 Å². The minimum atomic E-state index is -2.72. The maximum Gasteiger partial charge on any atom is 0.359 e. The largest absolute Gasteiger partial charge is 0.755 e. The average molecular weight is 225 g/mol. The van der Waals surface area contributed by atoms with Crippen LogP contribution in [0.5, 0.6) is 0 Å². The first-order valence-corrected chi connectivity index (χ1v) is 4.69. The van der Waals surface area contributed by atoms with Gasteiger partial charge in [-0.3, -0.25) is 8.93 Å². The van der Waals surface area contributed by atoms with Crippen LogP contribution in [0.4, 0.5) is 12.0 Å². The van der Waals surface area contributed by atoms with Gasteiger partial charge in [0.2, 0.25) is 0 Å². The summed E-state index contributed by atoms with van der Waals surface area (Å²) in [5.74, 6) is 0. The van der Waals surface area contributed by atoms with Crippen molar-refractivity contribution in [1.29, 1.82) is 0 Å². The molecule has 13 heavy (non-hydrogen) atoms. The van der Waals surface area contributed by atoms with Gasteiger partial charge in [0.15, 0.2) is 0 Å². The zero-order valence-corrected chi connectivity index (χ0v) is 7.33. The number of hydrogen-bond acceptors (Lipinski definition) is 8. The zero-order valence-electron chi connectivity index (χ0n) is 5.70. The Hall–Kier alpha value is -1.33. The molecular weight excluding hydrogens is 224 g/mol. The molecule has 0 aliphatic heterocycles. The van der Waals surface area contributed by atoms with E-state index in [9.17, 15) is 17.2 Å². The van der Waals surface area contributed by atoms with Crippen molar-refractivity contribution in [1.82, 2.24) is 10.2 Å². The van der Waals surface area contributed by atoms with Crippen LogP contribution in [0.25, 0.3) is 0 Å². The molecule has 72 valence electrons. The predicted octanol–water partition coefficient (Wildman–Crippen LogP) is -1.03. The van der Waals surface area contributed by atoms with Crippen LogP contribution in [-0.2, 0) is 21.8 Å². The Balaban J connectivity index is 2.87. The molecule has 1 N–H and O–H groups in total. The topological polar surface area (TPSA) is 138 Å². The van der Waals surface area contributed by atoms with E-state index in [1.54, 1.807) is 4.72 Å². The highest BCUT2D eigenvalue weighted by Gasteiger charge is 2.03. The molecule has 1 rings (SSSR count). The number of nitrogens with one attached hydrogen (secondary N) is 1. The summed E-state index contributed by atoms with van der Waals surface area (Å²) in [5, 5.41) is 6.22. The van der Waals surface area contributed by atoms with Crippen LogP contribution in [0.1, 0.15) is 0 Å². The van der Waals surface area contributed by atoms with Crippen molar-refractivity contribution in [3.05, 3.63) is 0 Å². The van der Waals surface area contributed by atoms with Gasteiger partial charge in [-0.05, 0) is 0 Å². The molecule has 0 saturated carbocycles. The van der Waals surface area contributed by atoms with E-state index in [4.69, 9.17) is 0 Å². The van der Waals surface area contributed by atoms with Crippen molar-refractivity contribution >= 4 is 33.8 Å². The molecule has 0 aliphatic carbocycles. The molecule has 1 aromatic heterocycles. The van der Waals surface area contributed by atoms with Gasteiger partial charge >= 0.3 is 22.5 Å². The smallest absolute Gasteiger partial charge is 0.359 e. The highest BCUT2D eigenvalue weighted by atomic mass is 32.2. The highest BCUT2D eigenvalue weighted by Crippen LogP contribution is 2.12. The van der Waals surface area contributed by atoms with E-state index in [1.165, 1.54) is 0 Å². The Morgan fingerprint density at radius 1 is 1.38 bits per heavy atom. The fourth-order valence-electron chi connectivity index (χ4n) is 0.429. The molecule has 11 heteroatoms. The van der Waals surface area contributed by atoms with Gasteiger partial charge in [-0.25, -0.2) is 0 Å². The van der Waals surface area contributed by atoms with Gasteiger partial charge in [0.05, 0.1) is 0 Å². The molecule has 9 nitrogen and oxygen atoms in total. The van der Waals surface area contributed by atoms with E-state index >= 15 is 0 Å². The van der Waals surface area contributed by atoms with Crippen LogP contribution >= 0.6 is 0 Å². The predicted molar refractivity (Wildman–Crippen MR) is 37.8 cm³/mol. The maximum atomic E-state index is 10.0. The van der Waals surface area contributed by atoms with Crippen molar-refractivity contribution < 1.29 is 21.6 Å². The Bertz CT molecular complexity index is 439. The van der Waals surface area contributed by atoms with Gasteiger partial charge in [0.1, 0.15) is 0 Å². The molecule has 0 aromatic carbocycles. The van der Waals surface area contributed by atoms with E-state index in [-0.39, 0.29) is 0 Å². The zero-order chi connectivity index (χ0) is 9.84.